The van der Waals surface area contributed by atoms with E-state index in [0.717, 1.165) is 122 Å². The van der Waals surface area contributed by atoms with Crippen LogP contribution in [0.1, 0.15) is 323 Å². The van der Waals surface area contributed by atoms with Crippen LogP contribution in [0.5, 0.6) is 0 Å². The number of hydrogen-bond donors (Lipinski definition) is 0. The van der Waals surface area contributed by atoms with Gasteiger partial charge < -0.3 is 14.2 Å². The van der Waals surface area contributed by atoms with Crippen LogP contribution in [0.2, 0.25) is 0 Å². The zero-order chi connectivity index (χ0) is 57.8. The van der Waals surface area contributed by atoms with Gasteiger partial charge in [0.1, 0.15) is 13.2 Å². The highest BCUT2D eigenvalue weighted by atomic mass is 16.6. The van der Waals surface area contributed by atoms with Gasteiger partial charge in [-0.25, -0.2) is 0 Å². The van der Waals surface area contributed by atoms with Crippen LogP contribution >= 0.6 is 0 Å². The summed E-state index contributed by atoms with van der Waals surface area (Å²) < 4.78 is 17.0. The van der Waals surface area contributed by atoms with Crippen molar-refractivity contribution < 1.29 is 28.6 Å². The van der Waals surface area contributed by atoms with Gasteiger partial charge in [0, 0.05) is 19.3 Å². The molecule has 6 nitrogen and oxygen atoms in total. The topological polar surface area (TPSA) is 78.9 Å². The number of carbonyl (C=O) groups excluding carboxylic acids is 3. The minimum absolute atomic E-state index is 0.0876. The third-order valence-corrected chi connectivity index (χ3v) is 14.5. The third kappa shape index (κ3) is 64.9. The Balaban J connectivity index is 4.38. The molecule has 0 aliphatic carbocycles. The molecular weight excluding hydrogens is 985 g/mol. The number of allylic oxidation sites excluding steroid dienone is 18. The van der Waals surface area contributed by atoms with Crippen LogP contribution in [-0.4, -0.2) is 37.2 Å². The molecule has 0 N–H and O–H groups in total. The van der Waals surface area contributed by atoms with Gasteiger partial charge in [0.05, 0.1) is 0 Å². The smallest absolute Gasteiger partial charge is 0.306 e. The summed E-state index contributed by atoms with van der Waals surface area (Å²) in [6.45, 7) is 6.51. The fraction of sp³-hybridized carbons (Fsp3) is 0.716. The monoisotopic (exact) mass is 1110 g/mol. The second-order valence-electron chi connectivity index (χ2n) is 22.3. The molecule has 0 radical (unpaired) electrons. The predicted molar refractivity (Wildman–Crippen MR) is 348 cm³/mol. The van der Waals surface area contributed by atoms with Crippen molar-refractivity contribution >= 4 is 17.9 Å². The molecule has 0 bridgehead atoms. The number of hydrogen-bond acceptors (Lipinski definition) is 6. The van der Waals surface area contributed by atoms with E-state index in [1.54, 1.807) is 0 Å². The van der Waals surface area contributed by atoms with Crippen molar-refractivity contribution in [2.24, 2.45) is 0 Å². The van der Waals surface area contributed by atoms with Crippen LogP contribution in [0.4, 0.5) is 0 Å². The van der Waals surface area contributed by atoms with Crippen molar-refractivity contribution in [3.63, 3.8) is 0 Å². The van der Waals surface area contributed by atoms with E-state index in [1.165, 1.54) is 161 Å². The van der Waals surface area contributed by atoms with Crippen LogP contribution in [-0.2, 0) is 28.6 Å². The van der Waals surface area contributed by atoms with Crippen molar-refractivity contribution in [2.45, 2.75) is 329 Å². The first-order chi connectivity index (χ1) is 39.5. The Bertz CT molecular complexity index is 1610. The maximum Gasteiger partial charge on any atom is 0.306 e. The second kappa shape index (κ2) is 67.6. The summed E-state index contributed by atoms with van der Waals surface area (Å²) in [5, 5.41) is 0. The lowest BCUT2D eigenvalue weighted by atomic mass is 10.1. The Morgan fingerprint density at radius 2 is 0.487 bits per heavy atom. The van der Waals surface area contributed by atoms with Crippen molar-refractivity contribution in [1.29, 1.82) is 0 Å². The number of rotatable bonds is 61. The molecule has 0 aliphatic heterocycles. The second-order valence-corrected chi connectivity index (χ2v) is 22.3. The minimum Gasteiger partial charge on any atom is -0.462 e. The molecule has 0 fully saturated rings. The summed E-state index contributed by atoms with van der Waals surface area (Å²) in [6.07, 6.45) is 92.3. The fourth-order valence-electron chi connectivity index (χ4n) is 9.41. The third-order valence-electron chi connectivity index (χ3n) is 14.5. The van der Waals surface area contributed by atoms with E-state index in [-0.39, 0.29) is 31.1 Å². The van der Waals surface area contributed by atoms with Gasteiger partial charge in [0.15, 0.2) is 6.10 Å². The normalized spacial score (nSPS) is 12.8. The maximum absolute atomic E-state index is 12.9. The quantitative estimate of drug-likeness (QED) is 0.0261. The summed E-state index contributed by atoms with van der Waals surface area (Å²) in [6, 6.07) is 0. The van der Waals surface area contributed by atoms with Crippen molar-refractivity contribution in [1.82, 2.24) is 0 Å². The van der Waals surface area contributed by atoms with Crippen LogP contribution in [0.3, 0.4) is 0 Å². The summed E-state index contributed by atoms with van der Waals surface area (Å²) >= 11 is 0. The lowest BCUT2D eigenvalue weighted by Crippen LogP contribution is -2.30. The Morgan fingerprint density at radius 3 is 0.787 bits per heavy atom. The molecule has 0 spiro atoms. The molecular formula is C74H126O6. The molecule has 0 aromatic heterocycles. The van der Waals surface area contributed by atoms with E-state index in [0.29, 0.717) is 19.3 Å². The van der Waals surface area contributed by atoms with Gasteiger partial charge in [-0.05, 0) is 128 Å². The van der Waals surface area contributed by atoms with Gasteiger partial charge in [-0.3, -0.25) is 14.4 Å². The first-order valence-corrected chi connectivity index (χ1v) is 33.9. The Kier molecular flexibility index (Phi) is 64.3. The molecule has 0 rings (SSSR count). The molecule has 1 atom stereocenters. The van der Waals surface area contributed by atoms with Crippen molar-refractivity contribution in [3.8, 4) is 0 Å². The molecule has 0 heterocycles. The zero-order valence-corrected chi connectivity index (χ0v) is 52.6. The largest absolute Gasteiger partial charge is 0.462 e. The average molecular weight is 1110 g/mol. The van der Waals surface area contributed by atoms with Gasteiger partial charge in [-0.1, -0.05) is 284 Å². The SMILES string of the molecule is CC/C=C\C/C=C\C/C=C\C/C=C\C/C=C\C/C=C\CCCCCCCCCCC(=O)OCC(COC(=O)CCCCCCC/C=C\C/C=C\CCCCCC)OC(=O)CCCCCCCCCCC/C=C\CCCCCCCC. The average Bonchev–Trinajstić information content (AvgIpc) is 3.46. The highest BCUT2D eigenvalue weighted by Crippen LogP contribution is 2.16. The number of ether oxygens (including phenoxy) is 3. The summed E-state index contributed by atoms with van der Waals surface area (Å²) in [5.41, 5.74) is 0. The molecule has 6 heteroatoms. The fourth-order valence-corrected chi connectivity index (χ4v) is 9.41. The van der Waals surface area contributed by atoms with E-state index in [1.807, 2.05) is 0 Å². The van der Waals surface area contributed by atoms with E-state index >= 15 is 0 Å². The predicted octanol–water partition coefficient (Wildman–Crippen LogP) is 23.4. The maximum atomic E-state index is 12.9. The highest BCUT2D eigenvalue weighted by molar-refractivity contribution is 5.71. The van der Waals surface area contributed by atoms with Gasteiger partial charge >= 0.3 is 17.9 Å². The van der Waals surface area contributed by atoms with E-state index in [2.05, 4.69) is 130 Å². The lowest BCUT2D eigenvalue weighted by Gasteiger charge is -2.18. The van der Waals surface area contributed by atoms with Gasteiger partial charge in [0.25, 0.3) is 0 Å². The van der Waals surface area contributed by atoms with Crippen LogP contribution < -0.4 is 0 Å². The molecule has 0 aliphatic rings. The Hall–Kier alpha value is -3.93. The molecule has 0 amide bonds. The number of esters is 3. The first-order valence-electron chi connectivity index (χ1n) is 33.9. The van der Waals surface area contributed by atoms with Crippen molar-refractivity contribution in [2.75, 3.05) is 13.2 Å². The number of carbonyl (C=O) groups is 3. The molecule has 1 unspecified atom stereocenters. The van der Waals surface area contributed by atoms with Crippen LogP contribution in [0, 0.1) is 0 Å². The molecule has 0 saturated carbocycles. The van der Waals surface area contributed by atoms with Gasteiger partial charge in [0.2, 0.25) is 0 Å². The van der Waals surface area contributed by atoms with E-state index in [4.69, 9.17) is 14.2 Å². The van der Waals surface area contributed by atoms with E-state index in [9.17, 15) is 14.4 Å². The summed E-state index contributed by atoms with van der Waals surface area (Å²) in [5.74, 6) is -0.900. The highest BCUT2D eigenvalue weighted by Gasteiger charge is 2.19. The van der Waals surface area contributed by atoms with Crippen LogP contribution in [0.25, 0.3) is 0 Å². The standard InChI is InChI=1S/C74H126O6/c1-4-7-10-13-16-19-22-25-28-31-33-34-35-36-37-38-39-40-42-43-46-49-52-55-58-61-64-67-73(76)79-70-71(69-78-72(75)66-63-60-57-54-51-48-45-30-27-24-21-18-15-12-9-6-3)80-74(77)68-65-62-59-56-53-50-47-44-41-32-29-26-23-20-17-14-11-8-5-2/h7,10,16,19,21,24-26,28-30,33-34,36-37,39-40,45,71H,4-6,8-9,11-15,17-18,20,22-23,27,31-32,35,38,41-44,46-70H2,1-3H3/b10-7-,19-16-,24-21-,28-25-,29-26-,34-33-,37-36-,40-39-,45-30-. The van der Waals surface area contributed by atoms with Crippen LogP contribution in [0.15, 0.2) is 109 Å². The molecule has 0 aromatic rings. The molecule has 0 saturated heterocycles. The zero-order valence-electron chi connectivity index (χ0n) is 52.6. The van der Waals surface area contributed by atoms with Crippen molar-refractivity contribution in [3.05, 3.63) is 109 Å². The lowest BCUT2D eigenvalue weighted by molar-refractivity contribution is -0.167. The molecule has 0 aromatic carbocycles. The first kappa shape index (κ1) is 76.1. The minimum atomic E-state index is -0.792. The molecule has 458 valence electrons. The number of unbranched alkanes of at least 4 members (excludes halogenated alkanes) is 32. The van der Waals surface area contributed by atoms with Gasteiger partial charge in [-0.15, -0.1) is 0 Å². The summed E-state index contributed by atoms with van der Waals surface area (Å²) in [7, 11) is 0. The molecule has 80 heavy (non-hydrogen) atoms. The van der Waals surface area contributed by atoms with Gasteiger partial charge in [-0.2, -0.15) is 0 Å². The van der Waals surface area contributed by atoms with E-state index < -0.39 is 6.10 Å². The summed E-state index contributed by atoms with van der Waals surface area (Å²) in [4.78, 5) is 38.4. The Labute approximate surface area is 495 Å². The Morgan fingerprint density at radius 1 is 0.263 bits per heavy atom.